The van der Waals surface area contributed by atoms with E-state index in [4.69, 9.17) is 0 Å². The SMILES string of the molecule is O=CC1=CCCCCCCCCCCCCCCC1. The highest BCUT2D eigenvalue weighted by atomic mass is 16.1. The second kappa shape index (κ2) is 12.4. The largest absolute Gasteiger partial charge is 0.298 e. The standard InChI is InChI=1S/C18H32O/c19-17-18-15-13-11-9-7-5-3-1-2-4-6-8-10-12-14-16-18/h15,17H,1-14,16H2. The Kier molecular flexibility index (Phi) is 10.8. The second-order valence-electron chi connectivity index (χ2n) is 6.03. The summed E-state index contributed by atoms with van der Waals surface area (Å²) in [6, 6.07) is 0. The van der Waals surface area contributed by atoms with Gasteiger partial charge in [-0.2, -0.15) is 0 Å². The Balaban J connectivity index is 2.25. The smallest absolute Gasteiger partial charge is 0.145 e. The van der Waals surface area contributed by atoms with Gasteiger partial charge in [0.05, 0.1) is 0 Å². The third-order valence-corrected chi connectivity index (χ3v) is 4.23. The van der Waals surface area contributed by atoms with Crippen molar-refractivity contribution in [2.24, 2.45) is 0 Å². The number of hydrogen-bond acceptors (Lipinski definition) is 1. The molecule has 0 saturated carbocycles. The number of allylic oxidation sites excluding steroid dienone is 2. The van der Waals surface area contributed by atoms with E-state index in [0.29, 0.717) is 0 Å². The van der Waals surface area contributed by atoms with Crippen molar-refractivity contribution in [3.8, 4) is 0 Å². The molecule has 0 aromatic carbocycles. The van der Waals surface area contributed by atoms with Gasteiger partial charge < -0.3 is 0 Å². The third kappa shape index (κ3) is 9.92. The minimum absolute atomic E-state index is 1.00. The summed E-state index contributed by atoms with van der Waals surface area (Å²) in [6.07, 6.45) is 23.1. The number of rotatable bonds is 1. The highest BCUT2D eigenvalue weighted by molar-refractivity contribution is 5.72. The molecule has 1 aliphatic carbocycles. The topological polar surface area (TPSA) is 17.1 Å². The number of hydrogen-bond donors (Lipinski definition) is 0. The van der Waals surface area contributed by atoms with Crippen LogP contribution in [0.3, 0.4) is 0 Å². The van der Waals surface area contributed by atoms with Crippen LogP contribution in [0.4, 0.5) is 0 Å². The summed E-state index contributed by atoms with van der Waals surface area (Å²) >= 11 is 0. The molecule has 1 nitrogen and oxygen atoms in total. The quantitative estimate of drug-likeness (QED) is 0.533. The van der Waals surface area contributed by atoms with Gasteiger partial charge in [-0.25, -0.2) is 0 Å². The predicted octanol–water partition coefficient (Wildman–Crippen LogP) is 5.98. The summed E-state index contributed by atoms with van der Waals surface area (Å²) in [4.78, 5) is 11.0. The van der Waals surface area contributed by atoms with E-state index in [-0.39, 0.29) is 0 Å². The molecule has 0 bridgehead atoms. The van der Waals surface area contributed by atoms with Crippen molar-refractivity contribution in [3.05, 3.63) is 11.6 Å². The molecule has 0 saturated heterocycles. The van der Waals surface area contributed by atoms with Crippen LogP contribution in [0.2, 0.25) is 0 Å². The van der Waals surface area contributed by atoms with Crippen molar-refractivity contribution in [1.29, 1.82) is 0 Å². The maximum absolute atomic E-state index is 11.0. The van der Waals surface area contributed by atoms with E-state index in [1.54, 1.807) is 0 Å². The van der Waals surface area contributed by atoms with Crippen LogP contribution in [0.25, 0.3) is 0 Å². The van der Waals surface area contributed by atoms with Gasteiger partial charge in [-0.1, -0.05) is 76.7 Å². The molecule has 1 aliphatic rings. The lowest BCUT2D eigenvalue weighted by molar-refractivity contribution is -0.105. The Labute approximate surface area is 119 Å². The van der Waals surface area contributed by atoms with Gasteiger partial charge in [0.15, 0.2) is 0 Å². The van der Waals surface area contributed by atoms with E-state index >= 15 is 0 Å². The van der Waals surface area contributed by atoms with Gasteiger partial charge in [0, 0.05) is 0 Å². The molecule has 0 radical (unpaired) electrons. The van der Waals surface area contributed by atoms with Crippen molar-refractivity contribution in [2.75, 3.05) is 0 Å². The number of aldehydes is 1. The Morgan fingerprint density at radius 3 is 1.53 bits per heavy atom. The first-order valence-electron chi connectivity index (χ1n) is 8.57. The molecule has 0 heterocycles. The average molecular weight is 264 g/mol. The lowest BCUT2D eigenvalue weighted by atomic mass is 10.0. The van der Waals surface area contributed by atoms with E-state index in [1.165, 1.54) is 83.5 Å². The van der Waals surface area contributed by atoms with Crippen LogP contribution in [0.5, 0.6) is 0 Å². The highest BCUT2D eigenvalue weighted by Crippen LogP contribution is 2.16. The second-order valence-corrected chi connectivity index (χ2v) is 6.03. The van der Waals surface area contributed by atoms with Gasteiger partial charge in [0.2, 0.25) is 0 Å². The van der Waals surface area contributed by atoms with Crippen LogP contribution in [-0.2, 0) is 4.79 Å². The Morgan fingerprint density at radius 1 is 0.632 bits per heavy atom. The van der Waals surface area contributed by atoms with Crippen LogP contribution in [0.15, 0.2) is 11.6 Å². The van der Waals surface area contributed by atoms with Gasteiger partial charge in [-0.05, 0) is 31.3 Å². The Bertz CT molecular complexity index is 242. The van der Waals surface area contributed by atoms with Crippen LogP contribution in [0.1, 0.15) is 96.3 Å². The van der Waals surface area contributed by atoms with E-state index < -0.39 is 0 Å². The van der Waals surface area contributed by atoms with Crippen molar-refractivity contribution in [1.82, 2.24) is 0 Å². The molecule has 0 aromatic rings. The van der Waals surface area contributed by atoms with E-state index in [2.05, 4.69) is 6.08 Å². The highest BCUT2D eigenvalue weighted by Gasteiger charge is 1.98. The molecule has 0 N–H and O–H groups in total. The van der Waals surface area contributed by atoms with Crippen LogP contribution < -0.4 is 0 Å². The minimum atomic E-state index is 1.00. The van der Waals surface area contributed by atoms with Crippen LogP contribution in [0, 0.1) is 0 Å². The first kappa shape index (κ1) is 16.5. The third-order valence-electron chi connectivity index (χ3n) is 4.23. The zero-order valence-corrected chi connectivity index (χ0v) is 12.7. The van der Waals surface area contributed by atoms with Gasteiger partial charge in [-0.3, -0.25) is 4.79 Å². The molecule has 0 aromatic heterocycles. The summed E-state index contributed by atoms with van der Waals surface area (Å²) in [7, 11) is 0. The molecule has 0 aliphatic heterocycles. The molecule has 1 rings (SSSR count). The normalized spacial score (nSPS) is 22.2. The molecule has 0 atom stereocenters. The fourth-order valence-corrected chi connectivity index (χ4v) is 2.91. The van der Waals surface area contributed by atoms with Gasteiger partial charge in [0.1, 0.15) is 6.29 Å². The summed E-state index contributed by atoms with van der Waals surface area (Å²) in [5.41, 5.74) is 1.05. The Morgan fingerprint density at radius 2 is 1.05 bits per heavy atom. The predicted molar refractivity (Wildman–Crippen MR) is 83.4 cm³/mol. The number of carbonyl (C=O) groups is 1. The lowest BCUT2D eigenvalue weighted by Crippen LogP contribution is -1.87. The molecule has 1 heteroatoms. The summed E-state index contributed by atoms with van der Waals surface area (Å²) in [5.74, 6) is 0. The minimum Gasteiger partial charge on any atom is -0.298 e. The fraction of sp³-hybridized carbons (Fsp3) is 0.833. The van der Waals surface area contributed by atoms with E-state index in [1.807, 2.05) is 0 Å². The molecule has 0 amide bonds. The first-order valence-corrected chi connectivity index (χ1v) is 8.57. The van der Waals surface area contributed by atoms with Crippen molar-refractivity contribution in [3.63, 3.8) is 0 Å². The Hall–Kier alpha value is -0.590. The summed E-state index contributed by atoms with van der Waals surface area (Å²) in [5, 5.41) is 0. The van der Waals surface area contributed by atoms with Crippen molar-refractivity contribution < 1.29 is 4.79 Å². The molecule has 0 unspecified atom stereocenters. The van der Waals surface area contributed by atoms with Crippen molar-refractivity contribution >= 4 is 6.29 Å². The van der Waals surface area contributed by atoms with Gasteiger partial charge >= 0.3 is 0 Å². The van der Waals surface area contributed by atoms with Crippen LogP contribution >= 0.6 is 0 Å². The lowest BCUT2D eigenvalue weighted by Gasteiger charge is -2.02. The van der Waals surface area contributed by atoms with E-state index in [0.717, 1.165) is 24.7 Å². The maximum atomic E-state index is 11.0. The maximum Gasteiger partial charge on any atom is 0.145 e. The van der Waals surface area contributed by atoms with E-state index in [9.17, 15) is 4.79 Å². The summed E-state index contributed by atoms with van der Waals surface area (Å²) in [6.45, 7) is 0. The first-order chi connectivity index (χ1) is 9.43. The summed E-state index contributed by atoms with van der Waals surface area (Å²) < 4.78 is 0. The van der Waals surface area contributed by atoms with Gasteiger partial charge in [-0.15, -0.1) is 0 Å². The molecular formula is C18H32O. The fourth-order valence-electron chi connectivity index (χ4n) is 2.91. The number of carbonyl (C=O) groups excluding carboxylic acids is 1. The molecule has 19 heavy (non-hydrogen) atoms. The van der Waals surface area contributed by atoms with Crippen molar-refractivity contribution in [2.45, 2.75) is 96.3 Å². The molecular weight excluding hydrogens is 232 g/mol. The monoisotopic (exact) mass is 264 g/mol. The zero-order chi connectivity index (χ0) is 13.6. The van der Waals surface area contributed by atoms with Crippen LogP contribution in [-0.4, -0.2) is 6.29 Å². The zero-order valence-electron chi connectivity index (χ0n) is 12.7. The molecule has 0 fully saturated rings. The molecule has 0 spiro atoms. The average Bonchev–Trinajstić information content (AvgIpc) is 2.44. The molecule has 110 valence electrons. The van der Waals surface area contributed by atoms with Gasteiger partial charge in [0.25, 0.3) is 0 Å².